The molecule has 3 unspecified atom stereocenters. The van der Waals surface area contributed by atoms with Crippen LogP contribution in [-0.2, 0) is 28.6 Å². The number of aliphatic hydroxyl groups excluding tert-OH is 3. The van der Waals surface area contributed by atoms with Crippen LogP contribution in [0.3, 0.4) is 0 Å². The summed E-state index contributed by atoms with van der Waals surface area (Å²) in [5.41, 5.74) is 0. The van der Waals surface area contributed by atoms with Crippen molar-refractivity contribution in [3.05, 3.63) is 129 Å². The summed E-state index contributed by atoms with van der Waals surface area (Å²) in [6.07, 6.45) is 1.86. The Morgan fingerprint density at radius 3 is 0.873 bits per heavy atom. The van der Waals surface area contributed by atoms with Gasteiger partial charge in [-0.1, -0.05) is 115 Å². The molecule has 0 aliphatic heterocycles. The van der Waals surface area contributed by atoms with Crippen molar-refractivity contribution in [1.29, 1.82) is 0 Å². The Morgan fingerprint density at radius 1 is 0.491 bits per heavy atom. The zero-order valence-corrected chi connectivity index (χ0v) is 32.8. The van der Waals surface area contributed by atoms with Crippen LogP contribution in [0.25, 0.3) is 0 Å². The normalized spacial score (nSPS) is 11.1. The van der Waals surface area contributed by atoms with Crippen molar-refractivity contribution in [1.82, 2.24) is 0 Å². The molecule has 0 aliphatic rings. The Hall–Kier alpha value is -5.43. The van der Waals surface area contributed by atoms with Crippen molar-refractivity contribution in [2.24, 2.45) is 5.92 Å². The Bertz CT molecular complexity index is 1230. The molecule has 0 aromatic heterocycles. The van der Waals surface area contributed by atoms with Gasteiger partial charge in [-0.2, -0.15) is 0 Å². The summed E-state index contributed by atoms with van der Waals surface area (Å²) in [6, 6.07) is 27.3. The van der Waals surface area contributed by atoms with E-state index in [1.54, 1.807) is 36.4 Å². The third-order valence-corrected chi connectivity index (χ3v) is 5.31. The molecule has 0 saturated heterocycles. The number of ether oxygens (including phenoxy) is 6. The fourth-order valence-corrected chi connectivity index (χ4v) is 2.98. The van der Waals surface area contributed by atoms with Gasteiger partial charge in [0.25, 0.3) is 0 Å². The second-order valence-electron chi connectivity index (χ2n) is 11.8. The quantitative estimate of drug-likeness (QED) is 0.0727. The molecular weight excluding hydrogens is 708 g/mol. The maximum absolute atomic E-state index is 10.7. The van der Waals surface area contributed by atoms with E-state index in [0.29, 0.717) is 17.2 Å². The van der Waals surface area contributed by atoms with Crippen LogP contribution in [0.1, 0.15) is 41.0 Å². The minimum Gasteiger partial charge on any atom is -0.491 e. The van der Waals surface area contributed by atoms with Crippen LogP contribution < -0.4 is 14.2 Å². The summed E-state index contributed by atoms with van der Waals surface area (Å²) >= 11 is 0. The molecule has 12 heteroatoms. The first-order chi connectivity index (χ1) is 26.3. The van der Waals surface area contributed by atoms with Crippen molar-refractivity contribution in [3.8, 4) is 17.2 Å². The number of rotatable bonds is 18. The standard InChI is InChI=1S/3C12H14O4.C4H10.C3H8/c3*1-2-12(14)16-9-10(13)8-15-11-6-4-3-5-7-11;1-4(2)3;1-3-2/h3*2-7,10,13H,1,8-9H2;4H,1-3H3;3H2,1-2H3. The van der Waals surface area contributed by atoms with Gasteiger partial charge in [-0.3, -0.25) is 0 Å². The van der Waals surface area contributed by atoms with E-state index in [1.165, 1.54) is 6.42 Å². The number of hydrogen-bond donors (Lipinski definition) is 3. The van der Waals surface area contributed by atoms with Crippen LogP contribution in [0.2, 0.25) is 0 Å². The molecule has 0 saturated carbocycles. The molecule has 0 fully saturated rings. The van der Waals surface area contributed by atoms with Gasteiger partial charge in [0.1, 0.15) is 75.2 Å². The Labute approximate surface area is 326 Å². The van der Waals surface area contributed by atoms with Gasteiger partial charge in [0.05, 0.1) is 0 Å². The molecule has 0 radical (unpaired) electrons. The second-order valence-corrected chi connectivity index (χ2v) is 11.8. The van der Waals surface area contributed by atoms with E-state index in [4.69, 9.17) is 14.2 Å². The maximum Gasteiger partial charge on any atom is 0.330 e. The molecule has 3 rings (SSSR count). The number of carbonyl (C=O) groups excluding carboxylic acids is 3. The fourth-order valence-electron chi connectivity index (χ4n) is 2.98. The van der Waals surface area contributed by atoms with Crippen LogP contribution in [0, 0.1) is 5.92 Å². The number of para-hydroxylation sites is 3. The predicted octanol–water partition coefficient (Wildman–Crippen LogP) is 6.55. The lowest BCUT2D eigenvalue weighted by molar-refractivity contribution is -0.142. The van der Waals surface area contributed by atoms with Crippen LogP contribution in [-0.4, -0.2) is 91.2 Å². The van der Waals surface area contributed by atoms with Gasteiger partial charge in [0.15, 0.2) is 0 Å². The van der Waals surface area contributed by atoms with E-state index < -0.39 is 36.2 Å². The fraction of sp³-hybridized carbons (Fsp3) is 0.372. The van der Waals surface area contributed by atoms with Crippen molar-refractivity contribution in [2.45, 2.75) is 59.4 Å². The van der Waals surface area contributed by atoms with E-state index >= 15 is 0 Å². The van der Waals surface area contributed by atoms with Gasteiger partial charge in [-0.25, -0.2) is 14.4 Å². The molecule has 3 aromatic carbocycles. The topological polar surface area (TPSA) is 167 Å². The third kappa shape index (κ3) is 35.4. The number of aliphatic hydroxyl groups is 3. The zero-order chi connectivity index (χ0) is 41.7. The summed E-state index contributed by atoms with van der Waals surface area (Å²) in [7, 11) is 0. The first-order valence-electron chi connectivity index (χ1n) is 17.8. The van der Waals surface area contributed by atoms with E-state index in [1.807, 2.05) is 54.6 Å². The Balaban J connectivity index is 0. The molecule has 55 heavy (non-hydrogen) atoms. The van der Waals surface area contributed by atoms with Crippen molar-refractivity contribution >= 4 is 17.9 Å². The molecule has 3 atom stereocenters. The molecule has 0 bridgehead atoms. The largest absolute Gasteiger partial charge is 0.491 e. The second kappa shape index (κ2) is 35.6. The number of hydrogen-bond acceptors (Lipinski definition) is 12. The van der Waals surface area contributed by atoms with Crippen LogP contribution >= 0.6 is 0 Å². The third-order valence-electron chi connectivity index (χ3n) is 5.31. The zero-order valence-electron chi connectivity index (χ0n) is 32.8. The van der Waals surface area contributed by atoms with Gasteiger partial charge in [0, 0.05) is 18.2 Å². The average molecular weight is 769 g/mol. The molecular formula is C43H60O12. The lowest BCUT2D eigenvalue weighted by atomic mass is 10.3. The van der Waals surface area contributed by atoms with Crippen molar-refractivity contribution < 1.29 is 58.1 Å². The number of benzene rings is 3. The lowest BCUT2D eigenvalue weighted by Gasteiger charge is -2.11. The van der Waals surface area contributed by atoms with E-state index in [-0.39, 0.29) is 39.6 Å². The first kappa shape index (κ1) is 51.7. The molecule has 12 nitrogen and oxygen atoms in total. The van der Waals surface area contributed by atoms with Gasteiger partial charge >= 0.3 is 17.9 Å². The minimum absolute atomic E-state index is 0.0778. The predicted molar refractivity (Wildman–Crippen MR) is 214 cm³/mol. The van der Waals surface area contributed by atoms with Crippen molar-refractivity contribution in [2.75, 3.05) is 39.6 Å². The summed E-state index contributed by atoms with van der Waals surface area (Å²) in [4.78, 5) is 32.1. The van der Waals surface area contributed by atoms with Gasteiger partial charge < -0.3 is 43.7 Å². The van der Waals surface area contributed by atoms with Gasteiger partial charge in [0.2, 0.25) is 0 Å². The molecule has 0 amide bonds. The van der Waals surface area contributed by atoms with Crippen LogP contribution in [0.15, 0.2) is 129 Å². The summed E-state index contributed by atoms with van der Waals surface area (Å²) < 4.78 is 29.8. The maximum atomic E-state index is 10.7. The summed E-state index contributed by atoms with van der Waals surface area (Å²) in [5, 5.41) is 28.3. The van der Waals surface area contributed by atoms with E-state index in [2.05, 4.69) is 68.6 Å². The highest BCUT2D eigenvalue weighted by atomic mass is 16.6. The lowest BCUT2D eigenvalue weighted by Crippen LogP contribution is -2.24. The van der Waals surface area contributed by atoms with Gasteiger partial charge in [-0.05, 0) is 42.3 Å². The SMILES string of the molecule is C=CC(=O)OCC(O)COc1ccccc1.C=CC(=O)OCC(O)COc1ccccc1.C=CC(=O)OCC(O)COc1ccccc1.CC(C)C.CCC. The average Bonchev–Trinajstić information content (AvgIpc) is 3.20. The minimum atomic E-state index is -0.843. The van der Waals surface area contributed by atoms with Crippen molar-refractivity contribution in [3.63, 3.8) is 0 Å². The monoisotopic (exact) mass is 768 g/mol. The highest BCUT2D eigenvalue weighted by Crippen LogP contribution is 2.10. The molecule has 3 aromatic rings. The highest BCUT2D eigenvalue weighted by molar-refractivity contribution is 5.81. The number of esters is 3. The van der Waals surface area contributed by atoms with Crippen LogP contribution in [0.5, 0.6) is 17.2 Å². The van der Waals surface area contributed by atoms with Crippen LogP contribution in [0.4, 0.5) is 0 Å². The number of carbonyl (C=O) groups is 3. The summed E-state index contributed by atoms with van der Waals surface area (Å²) in [5.74, 6) is 1.15. The Kier molecular flexibility index (Phi) is 33.4. The Morgan fingerprint density at radius 2 is 0.691 bits per heavy atom. The first-order valence-corrected chi connectivity index (χ1v) is 17.8. The molecule has 3 N–H and O–H groups in total. The summed E-state index contributed by atoms with van der Waals surface area (Å²) in [6.45, 7) is 20.4. The highest BCUT2D eigenvalue weighted by Gasteiger charge is 2.09. The molecule has 0 heterocycles. The van der Waals surface area contributed by atoms with E-state index in [9.17, 15) is 29.7 Å². The van der Waals surface area contributed by atoms with Gasteiger partial charge in [-0.15, -0.1) is 0 Å². The molecule has 0 spiro atoms. The smallest absolute Gasteiger partial charge is 0.330 e. The molecule has 0 aliphatic carbocycles. The molecule has 304 valence electrons. The van der Waals surface area contributed by atoms with E-state index in [0.717, 1.165) is 24.1 Å².